The van der Waals surface area contributed by atoms with E-state index in [0.717, 1.165) is 37.7 Å². The summed E-state index contributed by atoms with van der Waals surface area (Å²) in [7, 11) is 0. The van der Waals surface area contributed by atoms with Gasteiger partial charge in [0, 0.05) is 6.42 Å². The van der Waals surface area contributed by atoms with Gasteiger partial charge in [0.1, 0.15) is 0 Å². The molecule has 0 saturated carbocycles. The van der Waals surface area contributed by atoms with Crippen LogP contribution in [0.5, 0.6) is 0 Å². The van der Waals surface area contributed by atoms with E-state index in [1.54, 1.807) is 13.8 Å². The Labute approximate surface area is 144 Å². The maximum absolute atomic E-state index is 12.4. The van der Waals surface area contributed by atoms with Crippen LogP contribution in [0.25, 0.3) is 0 Å². The smallest absolute Gasteiger partial charge is 0.323 e. The Morgan fingerprint density at radius 2 is 1.67 bits per heavy atom. The van der Waals surface area contributed by atoms with E-state index in [1.165, 1.54) is 0 Å². The van der Waals surface area contributed by atoms with Gasteiger partial charge in [0.2, 0.25) is 0 Å². The lowest BCUT2D eigenvalue weighted by molar-refractivity contribution is -0.173. The maximum Gasteiger partial charge on any atom is 0.323 e. The largest absolute Gasteiger partial charge is 0.465 e. The zero-order chi connectivity index (χ0) is 18.0. The van der Waals surface area contributed by atoms with Crippen LogP contribution in [0.15, 0.2) is 11.6 Å². The van der Waals surface area contributed by atoms with E-state index in [-0.39, 0.29) is 19.0 Å². The minimum absolute atomic E-state index is 0.246. The Morgan fingerprint density at radius 1 is 1.04 bits per heavy atom. The second kappa shape index (κ2) is 10.3. The lowest BCUT2D eigenvalue weighted by Gasteiger charge is -2.27. The minimum Gasteiger partial charge on any atom is -0.465 e. The van der Waals surface area contributed by atoms with Crippen LogP contribution in [0.1, 0.15) is 72.1 Å². The average molecular weight is 338 g/mol. The fourth-order valence-electron chi connectivity index (χ4n) is 3.10. The van der Waals surface area contributed by atoms with Crippen molar-refractivity contribution >= 4 is 17.7 Å². The molecule has 0 heterocycles. The van der Waals surface area contributed by atoms with Gasteiger partial charge in [0.25, 0.3) is 0 Å². The van der Waals surface area contributed by atoms with Gasteiger partial charge in [-0.1, -0.05) is 25.8 Å². The van der Waals surface area contributed by atoms with Crippen LogP contribution in [0.2, 0.25) is 0 Å². The Kier molecular flexibility index (Phi) is 8.72. The van der Waals surface area contributed by atoms with Crippen LogP contribution >= 0.6 is 0 Å². The standard InChI is InChI=1S/C19H30O5/c1-4-19(17(21)23-5-2,18(22)24-6-3)14-9-7-8-11-15-12-10-13-16(15)20/h12H,4-11,13-14H2,1-3H3. The lowest BCUT2D eigenvalue weighted by Crippen LogP contribution is -2.41. The summed E-state index contributed by atoms with van der Waals surface area (Å²) in [6, 6.07) is 0. The van der Waals surface area contributed by atoms with E-state index in [2.05, 4.69) is 0 Å². The molecule has 0 aromatic heterocycles. The number of rotatable bonds is 11. The molecule has 0 bridgehead atoms. The Balaban J connectivity index is 2.56. The number of carbonyl (C=O) groups is 3. The van der Waals surface area contributed by atoms with Crippen molar-refractivity contribution in [3.63, 3.8) is 0 Å². The first-order valence-corrected chi connectivity index (χ1v) is 9.08. The fourth-order valence-corrected chi connectivity index (χ4v) is 3.10. The van der Waals surface area contributed by atoms with Crippen LogP contribution in [-0.2, 0) is 23.9 Å². The number of carbonyl (C=O) groups excluding carboxylic acids is 3. The molecule has 1 rings (SSSR count). The van der Waals surface area contributed by atoms with Gasteiger partial charge in [0.15, 0.2) is 11.2 Å². The van der Waals surface area contributed by atoms with Crippen molar-refractivity contribution in [2.24, 2.45) is 5.41 Å². The van der Waals surface area contributed by atoms with E-state index in [4.69, 9.17) is 9.47 Å². The molecule has 5 heteroatoms. The molecular weight excluding hydrogens is 308 g/mol. The van der Waals surface area contributed by atoms with E-state index in [9.17, 15) is 14.4 Å². The topological polar surface area (TPSA) is 69.7 Å². The van der Waals surface area contributed by atoms with Gasteiger partial charge in [-0.2, -0.15) is 0 Å². The van der Waals surface area contributed by atoms with Crippen LogP contribution in [0.3, 0.4) is 0 Å². The summed E-state index contributed by atoms with van der Waals surface area (Å²) in [4.78, 5) is 36.3. The highest BCUT2D eigenvalue weighted by molar-refractivity contribution is 6.00. The van der Waals surface area contributed by atoms with Gasteiger partial charge in [-0.15, -0.1) is 0 Å². The number of ketones is 1. The predicted molar refractivity (Wildman–Crippen MR) is 91.4 cm³/mol. The number of unbranched alkanes of at least 4 members (excludes halogenated alkanes) is 2. The number of allylic oxidation sites excluding steroid dienone is 2. The number of Topliss-reactive ketones (excluding diaryl/α,β-unsaturated/α-hetero) is 1. The molecule has 0 unspecified atom stereocenters. The first-order valence-electron chi connectivity index (χ1n) is 9.08. The van der Waals surface area contributed by atoms with Gasteiger partial charge in [-0.25, -0.2) is 0 Å². The third kappa shape index (κ3) is 5.18. The summed E-state index contributed by atoms with van der Waals surface area (Å²) >= 11 is 0. The summed E-state index contributed by atoms with van der Waals surface area (Å²) in [5, 5.41) is 0. The molecule has 0 atom stereocenters. The molecule has 0 N–H and O–H groups in total. The highest BCUT2D eigenvalue weighted by Crippen LogP contribution is 2.33. The lowest BCUT2D eigenvalue weighted by atomic mass is 9.79. The molecule has 5 nitrogen and oxygen atoms in total. The van der Waals surface area contributed by atoms with Crippen LogP contribution in [0, 0.1) is 5.41 Å². The molecule has 136 valence electrons. The SMILES string of the molecule is CCOC(=O)C(CC)(CCCCCC1=CCCC1=O)C(=O)OCC. The van der Waals surface area contributed by atoms with Crippen molar-refractivity contribution in [3.05, 3.63) is 11.6 Å². The molecule has 0 amide bonds. The molecule has 1 aliphatic carbocycles. The van der Waals surface area contributed by atoms with Gasteiger partial charge >= 0.3 is 11.9 Å². The second-order valence-corrected chi connectivity index (χ2v) is 6.13. The molecule has 0 radical (unpaired) electrons. The molecular formula is C19H30O5. The second-order valence-electron chi connectivity index (χ2n) is 6.13. The van der Waals surface area contributed by atoms with Crippen molar-refractivity contribution in [1.82, 2.24) is 0 Å². The molecule has 24 heavy (non-hydrogen) atoms. The quantitative estimate of drug-likeness (QED) is 0.326. The Morgan fingerprint density at radius 3 is 2.12 bits per heavy atom. The van der Waals surface area contributed by atoms with Crippen molar-refractivity contribution in [3.8, 4) is 0 Å². The summed E-state index contributed by atoms with van der Waals surface area (Å²) in [5.74, 6) is -0.713. The average Bonchev–Trinajstić information content (AvgIpc) is 2.96. The van der Waals surface area contributed by atoms with Crippen LogP contribution < -0.4 is 0 Å². The summed E-state index contributed by atoms with van der Waals surface area (Å²) < 4.78 is 10.2. The van der Waals surface area contributed by atoms with Crippen LogP contribution in [-0.4, -0.2) is 30.9 Å². The molecule has 0 saturated heterocycles. The van der Waals surface area contributed by atoms with Gasteiger partial charge in [0.05, 0.1) is 13.2 Å². The number of hydrogen-bond acceptors (Lipinski definition) is 5. The number of hydrogen-bond donors (Lipinski definition) is 0. The summed E-state index contributed by atoms with van der Waals surface area (Å²) in [5.41, 5.74) is -0.262. The monoisotopic (exact) mass is 338 g/mol. The molecule has 0 fully saturated rings. The summed E-state index contributed by atoms with van der Waals surface area (Å²) in [6.07, 6.45) is 7.59. The van der Waals surface area contributed by atoms with Crippen molar-refractivity contribution in [2.45, 2.75) is 72.1 Å². The normalized spacial score (nSPS) is 14.5. The molecule has 0 aliphatic heterocycles. The maximum atomic E-state index is 12.4. The first-order chi connectivity index (χ1) is 11.5. The van der Waals surface area contributed by atoms with Gasteiger partial charge in [-0.3, -0.25) is 14.4 Å². The third-order valence-electron chi connectivity index (χ3n) is 4.61. The minimum atomic E-state index is -1.20. The Bertz CT molecular complexity index is 460. The zero-order valence-corrected chi connectivity index (χ0v) is 15.2. The number of ether oxygens (including phenoxy) is 2. The third-order valence-corrected chi connectivity index (χ3v) is 4.61. The van der Waals surface area contributed by atoms with Gasteiger partial charge < -0.3 is 9.47 Å². The molecule has 1 aliphatic rings. The molecule has 0 aromatic carbocycles. The van der Waals surface area contributed by atoms with Crippen molar-refractivity contribution in [2.75, 3.05) is 13.2 Å². The zero-order valence-electron chi connectivity index (χ0n) is 15.2. The first kappa shape index (κ1) is 20.4. The molecule has 0 spiro atoms. The van der Waals surface area contributed by atoms with Crippen molar-refractivity contribution < 1.29 is 23.9 Å². The fraction of sp³-hybridized carbons (Fsp3) is 0.737. The highest BCUT2D eigenvalue weighted by atomic mass is 16.6. The van der Waals surface area contributed by atoms with Gasteiger partial charge in [-0.05, 0) is 51.5 Å². The Hall–Kier alpha value is -1.65. The predicted octanol–water partition coefficient (Wildman–Crippen LogP) is 3.75. The van der Waals surface area contributed by atoms with Crippen molar-refractivity contribution in [1.29, 1.82) is 0 Å². The van der Waals surface area contributed by atoms with E-state index in [1.807, 2.05) is 13.0 Å². The summed E-state index contributed by atoms with van der Waals surface area (Å²) in [6.45, 7) is 5.77. The highest BCUT2D eigenvalue weighted by Gasteiger charge is 2.46. The van der Waals surface area contributed by atoms with E-state index < -0.39 is 17.4 Å². The molecule has 0 aromatic rings. The van der Waals surface area contributed by atoms with E-state index >= 15 is 0 Å². The van der Waals surface area contributed by atoms with E-state index in [0.29, 0.717) is 19.3 Å². The van der Waals surface area contributed by atoms with Crippen LogP contribution in [0.4, 0.5) is 0 Å². The number of esters is 2.